The van der Waals surface area contributed by atoms with E-state index in [0.29, 0.717) is 27.7 Å². The monoisotopic (exact) mass is 680 g/mol. The summed E-state index contributed by atoms with van der Waals surface area (Å²) in [6.45, 7) is 1.91. The molecule has 3 aromatic rings. The zero-order chi connectivity index (χ0) is 25.4. The number of nitrogens with one attached hydrogen (secondary N) is 1. The van der Waals surface area contributed by atoms with Crippen LogP contribution in [0, 0.1) is 11.6 Å². The first-order valence-corrected chi connectivity index (χ1v) is 13.0. The van der Waals surface area contributed by atoms with Gasteiger partial charge in [0.05, 0.1) is 25.4 Å². The Kier molecular flexibility index (Phi) is 13.6. The Hall–Kier alpha value is -0.389. The maximum absolute atomic E-state index is 13.7. The standard InChI is InChI=1S/C23H28F2N6O4S.2ClH.Sr/c1-2-7-36-23-27-21(26-15-9-12(15)11-3-4-13(24)14(25)8-11)18-22(28-23)31(30-29-18)16-10-17(35-6-5-32)20(34)19(16)33;;;/h3-4,8,12,15-17,19-20,32-34H,2,5-7,9-10H2,1H3,(H,26,27,28);2*1H;/q;;;+2/p-2/t12-,15+,16+,17-,19-,20+;;;/m0.../s1. The van der Waals surface area contributed by atoms with Gasteiger partial charge in [-0.25, -0.2) is 23.4 Å². The van der Waals surface area contributed by atoms with Crippen LogP contribution in [0.2, 0.25) is 0 Å². The molecule has 6 atom stereocenters. The van der Waals surface area contributed by atoms with Crippen LogP contribution in [0.5, 0.6) is 0 Å². The molecule has 0 radical (unpaired) electrons. The minimum Gasteiger partial charge on any atom is -1.00 e. The second kappa shape index (κ2) is 15.2. The van der Waals surface area contributed by atoms with Crippen molar-refractivity contribution in [1.82, 2.24) is 25.0 Å². The molecule has 4 N–H and O–H groups in total. The topological polar surface area (TPSA) is 138 Å². The van der Waals surface area contributed by atoms with Gasteiger partial charge >= 0.3 is 45.5 Å². The molecule has 2 fully saturated rings. The minimum atomic E-state index is -1.15. The minimum absolute atomic E-state index is 0. The molecule has 0 saturated heterocycles. The molecule has 5 rings (SSSR count). The Bertz CT molecular complexity index is 1250. The molecule has 2 saturated carbocycles. The Morgan fingerprint density at radius 3 is 2.59 bits per heavy atom. The van der Waals surface area contributed by atoms with Crippen LogP contribution in [-0.2, 0) is 4.74 Å². The van der Waals surface area contributed by atoms with Gasteiger partial charge in [0.2, 0.25) is 0 Å². The van der Waals surface area contributed by atoms with Crippen molar-refractivity contribution in [2.24, 2.45) is 0 Å². The van der Waals surface area contributed by atoms with Crippen molar-refractivity contribution in [3.05, 3.63) is 35.4 Å². The summed E-state index contributed by atoms with van der Waals surface area (Å²) in [4.78, 5) is 9.27. The average Bonchev–Trinajstić information content (AvgIpc) is 3.41. The number of hydrogen-bond donors (Lipinski definition) is 4. The third-order valence-corrected chi connectivity index (χ3v) is 7.61. The van der Waals surface area contributed by atoms with Gasteiger partial charge < -0.3 is 50.2 Å². The molecule has 16 heteroatoms. The van der Waals surface area contributed by atoms with E-state index in [9.17, 15) is 19.0 Å². The number of anilines is 1. The molecular formula is C23H28Cl2F2N6O4SSr. The molecule has 0 unspecified atom stereocenters. The quantitative estimate of drug-likeness (QED) is 0.0945. The molecule has 0 bridgehead atoms. The summed E-state index contributed by atoms with van der Waals surface area (Å²) in [6, 6.07) is 3.26. The third kappa shape index (κ3) is 7.53. The van der Waals surface area contributed by atoms with E-state index in [1.807, 2.05) is 0 Å². The molecule has 210 valence electrons. The van der Waals surface area contributed by atoms with Gasteiger partial charge in [-0.3, -0.25) is 0 Å². The van der Waals surface area contributed by atoms with Crippen LogP contribution in [0.25, 0.3) is 11.2 Å². The molecule has 0 spiro atoms. The number of aromatic nitrogens is 5. The largest absolute Gasteiger partial charge is 2.00 e. The normalized spacial score (nSPS) is 25.5. The Morgan fingerprint density at radius 1 is 1.13 bits per heavy atom. The SMILES string of the molecule is CCCSc1nc(N[C@@H]2C[C@H]2c2ccc(F)c(F)c2)c2nnn([C@@H]3C[C@H](OCCO)[C@@H](O)[C@H]3O)c2n1.[Cl-].[Cl-].[Sr+2]. The van der Waals surface area contributed by atoms with Crippen molar-refractivity contribution in [3.8, 4) is 0 Å². The first kappa shape index (κ1) is 34.8. The summed E-state index contributed by atoms with van der Waals surface area (Å²) in [5, 5.41) is 42.5. The van der Waals surface area contributed by atoms with E-state index in [-0.39, 0.29) is 102 Å². The first-order chi connectivity index (χ1) is 17.4. The number of ether oxygens (including phenoxy) is 1. The summed E-state index contributed by atoms with van der Waals surface area (Å²) in [6.07, 6.45) is -1.04. The fourth-order valence-corrected chi connectivity index (χ4v) is 5.31. The number of hydrogen-bond acceptors (Lipinski definition) is 10. The predicted octanol–water partition coefficient (Wildman–Crippen LogP) is -4.36. The van der Waals surface area contributed by atoms with E-state index in [4.69, 9.17) is 9.84 Å². The van der Waals surface area contributed by atoms with Gasteiger partial charge in [0.1, 0.15) is 12.2 Å². The van der Waals surface area contributed by atoms with Crippen LogP contribution in [-0.4, -0.2) is 129 Å². The number of thioether (sulfide) groups is 1. The molecule has 0 amide bonds. The van der Waals surface area contributed by atoms with Gasteiger partial charge in [-0.15, -0.1) is 5.10 Å². The predicted molar refractivity (Wildman–Crippen MR) is 134 cm³/mol. The number of rotatable bonds is 10. The summed E-state index contributed by atoms with van der Waals surface area (Å²) in [7, 11) is 0. The van der Waals surface area contributed by atoms with E-state index in [0.717, 1.165) is 24.7 Å². The number of fused-ring (bicyclic) bond motifs is 1. The maximum atomic E-state index is 13.7. The number of nitrogens with zero attached hydrogens (tertiary/aromatic N) is 5. The molecule has 2 aliphatic carbocycles. The van der Waals surface area contributed by atoms with E-state index < -0.39 is 36.0 Å². The molecule has 1 aromatic carbocycles. The van der Waals surface area contributed by atoms with Crippen LogP contribution < -0.4 is 30.1 Å². The summed E-state index contributed by atoms with van der Waals surface area (Å²) < 4.78 is 34.0. The molecule has 2 aliphatic rings. The molecular weight excluding hydrogens is 653 g/mol. The van der Waals surface area contributed by atoms with E-state index in [1.54, 1.807) is 6.07 Å². The number of benzene rings is 1. The second-order valence-corrected chi connectivity index (χ2v) is 10.2. The number of halogens is 4. The summed E-state index contributed by atoms with van der Waals surface area (Å²) in [5.74, 6) is -0.472. The van der Waals surface area contributed by atoms with E-state index >= 15 is 0 Å². The fourth-order valence-electron chi connectivity index (χ4n) is 4.61. The molecule has 2 aromatic heterocycles. The van der Waals surface area contributed by atoms with E-state index in [2.05, 4.69) is 32.5 Å². The summed E-state index contributed by atoms with van der Waals surface area (Å²) in [5.41, 5.74) is 1.53. The van der Waals surface area contributed by atoms with Crippen LogP contribution in [0.3, 0.4) is 0 Å². The smallest absolute Gasteiger partial charge is 1.00 e. The zero-order valence-electron chi connectivity index (χ0n) is 21.1. The molecule has 10 nitrogen and oxygen atoms in total. The van der Waals surface area contributed by atoms with Crippen molar-refractivity contribution < 1.29 is 53.7 Å². The number of aliphatic hydroxyl groups is 3. The van der Waals surface area contributed by atoms with Crippen molar-refractivity contribution in [1.29, 1.82) is 0 Å². The molecule has 2 heterocycles. The number of aliphatic hydroxyl groups excluding tert-OH is 3. The first-order valence-electron chi connectivity index (χ1n) is 12.0. The zero-order valence-corrected chi connectivity index (χ0v) is 26.9. The van der Waals surface area contributed by atoms with Gasteiger partial charge in [0.25, 0.3) is 0 Å². The Labute approximate surface area is 277 Å². The fraction of sp³-hybridized carbons (Fsp3) is 0.565. The van der Waals surface area contributed by atoms with Gasteiger partial charge in [-0.1, -0.05) is 30.0 Å². The van der Waals surface area contributed by atoms with Crippen molar-refractivity contribution in [3.63, 3.8) is 0 Å². The van der Waals surface area contributed by atoms with Crippen molar-refractivity contribution in [2.45, 2.75) is 67.7 Å². The van der Waals surface area contributed by atoms with Gasteiger partial charge in [-0.05, 0) is 30.5 Å². The van der Waals surface area contributed by atoms with Crippen molar-refractivity contribution in [2.75, 3.05) is 24.3 Å². The molecule has 0 aliphatic heterocycles. The maximum Gasteiger partial charge on any atom is 2.00 e. The second-order valence-electron chi connectivity index (χ2n) is 9.09. The Morgan fingerprint density at radius 2 is 1.90 bits per heavy atom. The molecule has 39 heavy (non-hydrogen) atoms. The van der Waals surface area contributed by atoms with Crippen LogP contribution >= 0.6 is 11.8 Å². The van der Waals surface area contributed by atoms with Crippen LogP contribution in [0.15, 0.2) is 23.4 Å². The van der Waals surface area contributed by atoms with Gasteiger partial charge in [0.15, 0.2) is 33.8 Å². The third-order valence-electron chi connectivity index (χ3n) is 6.56. The van der Waals surface area contributed by atoms with Gasteiger partial charge in [-0.2, -0.15) is 0 Å². The van der Waals surface area contributed by atoms with Gasteiger partial charge in [0, 0.05) is 24.1 Å². The van der Waals surface area contributed by atoms with Crippen LogP contribution in [0.4, 0.5) is 14.6 Å². The van der Waals surface area contributed by atoms with E-state index in [1.165, 1.54) is 22.5 Å². The van der Waals surface area contributed by atoms with Crippen LogP contribution in [0.1, 0.15) is 43.7 Å². The average molecular weight is 681 g/mol. The van der Waals surface area contributed by atoms with Crippen molar-refractivity contribution >= 4 is 74.2 Å². The summed E-state index contributed by atoms with van der Waals surface area (Å²) >= 11 is 1.48. The Balaban J connectivity index is 0.00000178.